The van der Waals surface area contributed by atoms with E-state index in [2.05, 4.69) is 5.32 Å². The van der Waals surface area contributed by atoms with Crippen LogP contribution in [0.3, 0.4) is 0 Å². The first kappa shape index (κ1) is 15.0. The highest BCUT2D eigenvalue weighted by Crippen LogP contribution is 2.26. The molecule has 3 heteroatoms. The minimum atomic E-state index is -0.522. The van der Waals surface area contributed by atoms with Crippen LogP contribution < -0.4 is 5.32 Å². The highest BCUT2D eigenvalue weighted by atomic mass is 19.1. The van der Waals surface area contributed by atoms with Crippen molar-refractivity contribution >= 4 is 17.2 Å². The van der Waals surface area contributed by atoms with Gasteiger partial charge in [0, 0.05) is 5.69 Å². The Morgan fingerprint density at radius 2 is 1.61 bits per heavy atom. The van der Waals surface area contributed by atoms with Crippen molar-refractivity contribution in [3.8, 4) is 0 Å². The number of carbonyl (C=O) groups excluding carboxylic acids is 1. The highest BCUT2D eigenvalue weighted by Gasteiger charge is 2.15. The number of benzene rings is 2. The third-order valence-electron chi connectivity index (χ3n) is 3.60. The molecule has 23 heavy (non-hydrogen) atoms. The van der Waals surface area contributed by atoms with Crippen molar-refractivity contribution in [3.05, 3.63) is 95.9 Å². The van der Waals surface area contributed by atoms with E-state index >= 15 is 0 Å². The lowest BCUT2D eigenvalue weighted by Crippen LogP contribution is -2.14. The Morgan fingerprint density at radius 3 is 2.30 bits per heavy atom. The number of para-hydroxylation sites is 1. The summed E-state index contributed by atoms with van der Waals surface area (Å²) in [5, 5.41) is 2.71. The van der Waals surface area contributed by atoms with E-state index in [4.69, 9.17) is 0 Å². The number of amides is 1. The predicted molar refractivity (Wildman–Crippen MR) is 91.4 cm³/mol. The summed E-state index contributed by atoms with van der Waals surface area (Å²) in [7, 11) is 0. The Kier molecular flexibility index (Phi) is 4.48. The van der Waals surface area contributed by atoms with Gasteiger partial charge in [0.1, 0.15) is 5.83 Å². The van der Waals surface area contributed by atoms with Crippen LogP contribution in [-0.2, 0) is 4.79 Å². The van der Waals surface area contributed by atoms with E-state index in [0.29, 0.717) is 12.1 Å². The fourth-order valence-electron chi connectivity index (χ4n) is 2.43. The van der Waals surface area contributed by atoms with E-state index in [0.717, 1.165) is 11.1 Å². The Morgan fingerprint density at radius 1 is 0.957 bits per heavy atom. The van der Waals surface area contributed by atoms with E-state index in [9.17, 15) is 9.18 Å². The number of carbonyl (C=O) groups is 1. The first-order chi connectivity index (χ1) is 11.2. The van der Waals surface area contributed by atoms with Crippen LogP contribution in [0.25, 0.3) is 5.57 Å². The molecule has 0 atom stereocenters. The second-order valence-corrected chi connectivity index (χ2v) is 5.22. The van der Waals surface area contributed by atoms with E-state index in [-0.39, 0.29) is 5.57 Å². The van der Waals surface area contributed by atoms with Gasteiger partial charge in [0.25, 0.3) is 5.91 Å². The number of nitrogens with one attached hydrogen (secondary N) is 1. The molecule has 1 N–H and O–H groups in total. The lowest BCUT2D eigenvalue weighted by Gasteiger charge is -2.06. The Labute approximate surface area is 134 Å². The zero-order valence-corrected chi connectivity index (χ0v) is 12.5. The SMILES string of the molecule is O=C(Nc1ccccc1)C1=C(F)C=C(c2ccccc2)CC=C1. The molecule has 0 bridgehead atoms. The molecule has 2 nitrogen and oxygen atoms in total. The summed E-state index contributed by atoms with van der Waals surface area (Å²) in [4.78, 5) is 12.3. The second kappa shape index (κ2) is 6.88. The molecule has 3 rings (SSSR count). The van der Waals surface area contributed by atoms with Crippen LogP contribution in [0.15, 0.2) is 90.3 Å². The number of hydrogen-bond acceptors (Lipinski definition) is 1. The lowest BCUT2D eigenvalue weighted by molar-refractivity contribution is -0.112. The zero-order chi connectivity index (χ0) is 16.1. The van der Waals surface area contributed by atoms with Gasteiger partial charge in [-0.15, -0.1) is 0 Å². The van der Waals surface area contributed by atoms with E-state index in [1.807, 2.05) is 54.6 Å². The first-order valence-corrected chi connectivity index (χ1v) is 7.43. The molecule has 1 aliphatic rings. The van der Waals surface area contributed by atoms with Crippen molar-refractivity contribution in [3.63, 3.8) is 0 Å². The quantitative estimate of drug-likeness (QED) is 0.859. The van der Waals surface area contributed by atoms with E-state index in [1.54, 1.807) is 18.2 Å². The van der Waals surface area contributed by atoms with Crippen LogP contribution in [0.2, 0.25) is 0 Å². The van der Waals surface area contributed by atoms with Crippen LogP contribution in [-0.4, -0.2) is 5.91 Å². The van der Waals surface area contributed by atoms with Crippen molar-refractivity contribution in [2.45, 2.75) is 6.42 Å². The molecule has 114 valence electrons. The smallest absolute Gasteiger partial charge is 0.258 e. The minimum Gasteiger partial charge on any atom is -0.322 e. The van der Waals surface area contributed by atoms with E-state index in [1.165, 1.54) is 6.08 Å². The summed E-state index contributed by atoms with van der Waals surface area (Å²) in [5.74, 6) is -0.971. The van der Waals surface area contributed by atoms with Gasteiger partial charge in [0.05, 0.1) is 5.57 Å². The number of allylic oxidation sites excluding steroid dienone is 4. The molecule has 0 saturated heterocycles. The Balaban J connectivity index is 1.87. The van der Waals surface area contributed by atoms with Gasteiger partial charge in [-0.25, -0.2) is 4.39 Å². The zero-order valence-electron chi connectivity index (χ0n) is 12.5. The Hall–Kier alpha value is -2.94. The summed E-state index contributed by atoms with van der Waals surface area (Å²) < 4.78 is 14.5. The topological polar surface area (TPSA) is 29.1 Å². The van der Waals surface area contributed by atoms with Crippen molar-refractivity contribution in [2.24, 2.45) is 0 Å². The van der Waals surface area contributed by atoms with Crippen LogP contribution in [0.1, 0.15) is 12.0 Å². The van der Waals surface area contributed by atoms with Crippen molar-refractivity contribution in [2.75, 3.05) is 5.32 Å². The van der Waals surface area contributed by atoms with Crippen LogP contribution in [0.4, 0.5) is 10.1 Å². The van der Waals surface area contributed by atoms with Crippen LogP contribution in [0, 0.1) is 0 Å². The molecule has 0 radical (unpaired) electrons. The molecule has 0 unspecified atom stereocenters. The second-order valence-electron chi connectivity index (χ2n) is 5.22. The molecule has 0 aliphatic heterocycles. The van der Waals surface area contributed by atoms with Gasteiger partial charge < -0.3 is 5.32 Å². The maximum atomic E-state index is 14.5. The summed E-state index contributed by atoms with van der Waals surface area (Å²) in [6, 6.07) is 18.6. The van der Waals surface area contributed by atoms with Gasteiger partial charge in [0.15, 0.2) is 0 Å². The molecule has 1 amide bonds. The summed E-state index contributed by atoms with van der Waals surface area (Å²) in [5.41, 5.74) is 2.49. The third kappa shape index (κ3) is 3.64. The molecule has 0 spiro atoms. The number of hydrogen-bond donors (Lipinski definition) is 1. The lowest BCUT2D eigenvalue weighted by atomic mass is 10.0. The number of anilines is 1. The van der Waals surface area contributed by atoms with Gasteiger partial charge in [0.2, 0.25) is 0 Å². The van der Waals surface area contributed by atoms with Gasteiger partial charge in [-0.1, -0.05) is 60.7 Å². The normalized spacial score (nSPS) is 14.2. The van der Waals surface area contributed by atoms with Crippen LogP contribution >= 0.6 is 0 Å². The van der Waals surface area contributed by atoms with Crippen molar-refractivity contribution < 1.29 is 9.18 Å². The summed E-state index contributed by atoms with van der Waals surface area (Å²) in [6.45, 7) is 0. The summed E-state index contributed by atoms with van der Waals surface area (Å²) in [6.07, 6.45) is 5.38. The molecule has 0 saturated carbocycles. The molecule has 0 heterocycles. The van der Waals surface area contributed by atoms with Crippen molar-refractivity contribution in [1.29, 1.82) is 0 Å². The first-order valence-electron chi connectivity index (χ1n) is 7.43. The predicted octanol–water partition coefficient (Wildman–Crippen LogP) is 4.89. The van der Waals surface area contributed by atoms with Crippen LogP contribution in [0.5, 0.6) is 0 Å². The average Bonchev–Trinajstić information content (AvgIpc) is 2.78. The maximum Gasteiger partial charge on any atom is 0.258 e. The monoisotopic (exact) mass is 305 g/mol. The molecule has 0 aromatic heterocycles. The molecule has 0 fully saturated rings. The molecule has 1 aliphatic carbocycles. The number of halogens is 1. The fraction of sp³-hybridized carbons (Fsp3) is 0.0500. The third-order valence-corrected chi connectivity index (χ3v) is 3.60. The minimum absolute atomic E-state index is 0.0415. The molecular weight excluding hydrogens is 289 g/mol. The largest absolute Gasteiger partial charge is 0.322 e. The fourth-order valence-corrected chi connectivity index (χ4v) is 2.43. The maximum absolute atomic E-state index is 14.5. The number of rotatable bonds is 3. The Bertz CT molecular complexity index is 789. The molecular formula is C20H16FNO. The van der Waals surface area contributed by atoms with Gasteiger partial charge >= 0.3 is 0 Å². The van der Waals surface area contributed by atoms with Gasteiger partial charge in [-0.05, 0) is 35.8 Å². The van der Waals surface area contributed by atoms with Crippen molar-refractivity contribution in [1.82, 2.24) is 0 Å². The highest BCUT2D eigenvalue weighted by molar-refractivity contribution is 6.06. The molecule has 2 aromatic carbocycles. The summed E-state index contributed by atoms with van der Waals surface area (Å²) >= 11 is 0. The average molecular weight is 305 g/mol. The molecule has 2 aromatic rings. The van der Waals surface area contributed by atoms with E-state index < -0.39 is 11.7 Å². The standard InChI is InChI=1S/C20H16FNO/c21-19-14-16(15-8-3-1-4-9-15)10-7-13-18(19)20(23)22-17-11-5-2-6-12-17/h1-9,11-14H,10H2,(H,22,23). The van der Waals surface area contributed by atoms with Gasteiger partial charge in [-0.2, -0.15) is 0 Å². The van der Waals surface area contributed by atoms with Gasteiger partial charge in [-0.3, -0.25) is 4.79 Å².